The number of aryl methyl sites for hydroxylation is 1. The zero-order chi connectivity index (χ0) is 15.7. The van der Waals surface area contributed by atoms with Crippen LogP contribution in [0, 0.1) is 14.4 Å². The zero-order valence-electron chi connectivity index (χ0n) is 13.8. The van der Waals surface area contributed by atoms with Crippen molar-refractivity contribution in [3.8, 4) is 0 Å². The molecule has 0 saturated heterocycles. The Bertz CT molecular complexity index is 739. The Morgan fingerprint density at radius 3 is 2.58 bits per heavy atom. The molecule has 3 rings (SSSR count). The minimum Gasteiger partial charge on any atom is -0.755 e. The van der Waals surface area contributed by atoms with Crippen LogP contribution in [0.3, 0.4) is 0 Å². The Hall–Kier alpha value is -0.972. The molecule has 0 spiro atoms. The zero-order valence-corrected chi connectivity index (χ0v) is 17.6. The summed E-state index contributed by atoms with van der Waals surface area (Å²) in [5.74, 6) is -0.0809. The molecule has 1 aliphatic rings. The Morgan fingerprint density at radius 1 is 1.29 bits per heavy atom. The number of hydrogen-bond acceptors (Lipinski definition) is 3. The van der Waals surface area contributed by atoms with Gasteiger partial charge in [0.15, 0.2) is 0 Å². The van der Waals surface area contributed by atoms with Crippen LogP contribution < -0.4 is 9.71 Å². The molecule has 1 fully saturated rings. The minimum absolute atomic E-state index is 0. The Morgan fingerprint density at radius 2 is 1.96 bits per heavy atom. The molecule has 1 aromatic heterocycles. The fourth-order valence-corrected chi connectivity index (χ4v) is 3.74. The van der Waals surface area contributed by atoms with Crippen molar-refractivity contribution in [2.45, 2.75) is 44.9 Å². The number of fused-ring (bicyclic) bond motifs is 1. The Kier molecular flexibility index (Phi) is 7.84. The van der Waals surface area contributed by atoms with Crippen LogP contribution in [-0.4, -0.2) is 14.7 Å². The van der Waals surface area contributed by atoms with E-state index in [-0.39, 0.29) is 28.5 Å². The summed E-state index contributed by atoms with van der Waals surface area (Å²) in [6.07, 6.45) is 6.20. The summed E-state index contributed by atoms with van der Waals surface area (Å²) < 4.78 is 23.0. The summed E-state index contributed by atoms with van der Waals surface area (Å²) in [4.78, 5) is 16.3. The number of carbonyl (C=O) groups excluding carboxylic acids is 1. The van der Waals surface area contributed by atoms with Gasteiger partial charge >= 0.3 is 21.1 Å². The molecule has 1 aliphatic carbocycles. The van der Waals surface area contributed by atoms with Gasteiger partial charge in [-0.25, -0.2) is 0 Å². The van der Waals surface area contributed by atoms with Crippen molar-refractivity contribution in [2.24, 2.45) is 0 Å². The van der Waals surface area contributed by atoms with Gasteiger partial charge in [0.2, 0.25) is 0 Å². The van der Waals surface area contributed by atoms with Gasteiger partial charge in [-0.1, -0.05) is 43.9 Å². The fourth-order valence-electron chi connectivity index (χ4n) is 3.47. The molecule has 0 bridgehead atoms. The van der Waals surface area contributed by atoms with Gasteiger partial charge in [0.05, 0.1) is 0 Å². The quantitative estimate of drug-likeness (QED) is 0.501. The summed E-state index contributed by atoms with van der Waals surface area (Å²) in [6, 6.07) is 5.22. The number of benzene rings is 1. The van der Waals surface area contributed by atoms with Crippen LogP contribution in [0.5, 0.6) is 0 Å². The molecule has 1 unspecified atom stereocenters. The van der Waals surface area contributed by atoms with Crippen LogP contribution in [0.2, 0.25) is 0 Å². The summed E-state index contributed by atoms with van der Waals surface area (Å²) in [5.41, 5.74) is 3.40. The maximum atomic E-state index is 11.8. The first-order valence-corrected chi connectivity index (χ1v) is 8.61. The number of nitrogens with zero attached hydrogens (tertiary/aromatic N) is 1. The number of hydrogen-bond donors (Lipinski definition) is 1. The monoisotopic (exact) mass is 517 g/mol. The first kappa shape index (κ1) is 21.1. The van der Waals surface area contributed by atoms with E-state index in [1.54, 1.807) is 12.1 Å². The second-order valence-corrected chi connectivity index (χ2v) is 6.52. The van der Waals surface area contributed by atoms with Gasteiger partial charge < -0.3 is 17.0 Å². The van der Waals surface area contributed by atoms with Crippen molar-refractivity contribution in [1.82, 2.24) is 9.71 Å². The second kappa shape index (κ2) is 8.93. The van der Waals surface area contributed by atoms with Gasteiger partial charge in [0.1, 0.15) is 0 Å². The van der Waals surface area contributed by atoms with E-state index in [1.807, 2.05) is 17.7 Å². The van der Waals surface area contributed by atoms with Gasteiger partial charge in [-0.05, 0) is 30.2 Å². The molecule has 5 nitrogen and oxygen atoms in total. The molecule has 7 heteroatoms. The van der Waals surface area contributed by atoms with Crippen molar-refractivity contribution in [3.05, 3.63) is 42.4 Å². The maximum absolute atomic E-state index is 11.8. The molecule has 1 aromatic carbocycles. The number of carbonyl (C=O) groups is 1. The van der Waals surface area contributed by atoms with Crippen molar-refractivity contribution >= 4 is 28.1 Å². The SMILES string of the molecule is Cc1[n-]c2cc(C(=O)NS(=O)[O-])ccc2c1C1CCCCC1.[CH3-].[W+2]. The Labute approximate surface area is 159 Å². The third kappa shape index (κ3) is 4.35. The predicted octanol–water partition coefficient (Wildman–Crippen LogP) is 3.12. The van der Waals surface area contributed by atoms with E-state index in [0.717, 1.165) is 16.6 Å². The summed E-state index contributed by atoms with van der Waals surface area (Å²) in [5, 5.41) is 1.09. The molecule has 1 atom stereocenters. The van der Waals surface area contributed by atoms with Gasteiger partial charge in [-0.15, -0.1) is 5.52 Å². The van der Waals surface area contributed by atoms with Gasteiger partial charge in [0.25, 0.3) is 5.91 Å². The molecule has 24 heavy (non-hydrogen) atoms. The smallest absolute Gasteiger partial charge is 0.755 e. The average molecular weight is 517 g/mol. The third-order valence-electron chi connectivity index (χ3n) is 4.42. The number of aromatic nitrogens is 1. The van der Waals surface area contributed by atoms with E-state index in [2.05, 4.69) is 4.98 Å². The van der Waals surface area contributed by atoms with Gasteiger partial charge in [-0.2, -0.15) is 5.69 Å². The fraction of sp³-hybridized carbons (Fsp3) is 0.412. The van der Waals surface area contributed by atoms with E-state index in [4.69, 9.17) is 0 Å². The van der Waals surface area contributed by atoms with Crippen LogP contribution in [-0.2, 0) is 32.3 Å². The molecule has 0 aliphatic heterocycles. The first-order chi connectivity index (χ1) is 10.6. The molecular weight excluding hydrogens is 496 g/mol. The van der Waals surface area contributed by atoms with Crippen LogP contribution in [0.25, 0.3) is 10.9 Å². The van der Waals surface area contributed by atoms with Crippen LogP contribution in [0.1, 0.15) is 59.6 Å². The van der Waals surface area contributed by atoms with Crippen molar-refractivity contribution < 1.29 is 34.6 Å². The molecule has 1 amide bonds. The third-order valence-corrected chi connectivity index (χ3v) is 4.77. The Balaban J connectivity index is 0.00000144. The van der Waals surface area contributed by atoms with Gasteiger partial charge in [0, 0.05) is 16.8 Å². The molecule has 1 N–H and O–H groups in total. The normalized spacial score (nSPS) is 16.1. The van der Waals surface area contributed by atoms with E-state index in [0.29, 0.717) is 11.5 Å². The first-order valence-electron chi connectivity index (χ1n) is 7.53. The van der Waals surface area contributed by atoms with Crippen molar-refractivity contribution in [3.63, 3.8) is 0 Å². The predicted molar refractivity (Wildman–Crippen MR) is 90.6 cm³/mol. The van der Waals surface area contributed by atoms with Gasteiger partial charge in [-0.3, -0.25) is 13.7 Å². The minimum atomic E-state index is -2.60. The summed E-state index contributed by atoms with van der Waals surface area (Å²) >= 11 is -2.60. The number of nitrogens with one attached hydrogen (secondary N) is 1. The van der Waals surface area contributed by atoms with E-state index in [1.165, 1.54) is 37.7 Å². The van der Waals surface area contributed by atoms with E-state index < -0.39 is 17.2 Å². The van der Waals surface area contributed by atoms with E-state index in [9.17, 15) is 13.6 Å². The van der Waals surface area contributed by atoms with Crippen LogP contribution >= 0.6 is 0 Å². The standard InChI is InChI=1S/C16H20N2O3S.CH3.W/c1-10-15(11-5-3-2-4-6-11)13-8-7-12(9-14(13)17-10)16(19)18-22(20)21;;/h7-9,11H,2-6H2,1H3,(H3,17,18,19,20,21);1H3;/q;-1;+2/p-2. The topological polar surface area (TPSA) is 83.3 Å². The molecule has 2 aromatic rings. The van der Waals surface area contributed by atoms with Crippen LogP contribution in [0.15, 0.2) is 18.2 Å². The largest absolute Gasteiger partial charge is 2.00 e. The number of rotatable bonds is 3. The van der Waals surface area contributed by atoms with Crippen molar-refractivity contribution in [2.75, 3.05) is 0 Å². The number of amides is 1. The molecule has 1 saturated carbocycles. The maximum Gasteiger partial charge on any atom is 2.00 e. The molecule has 130 valence electrons. The molecule has 1 heterocycles. The molecule has 0 radical (unpaired) electrons. The summed E-state index contributed by atoms with van der Waals surface area (Å²) in [7, 11) is 0. The average Bonchev–Trinajstić information content (AvgIpc) is 2.82. The van der Waals surface area contributed by atoms with E-state index >= 15 is 0 Å². The summed E-state index contributed by atoms with van der Waals surface area (Å²) in [6.45, 7) is 2.01. The van der Waals surface area contributed by atoms with Crippen molar-refractivity contribution in [1.29, 1.82) is 0 Å². The second-order valence-electron chi connectivity index (χ2n) is 5.84. The molecular formula is C17H21N2O3SW-. The van der Waals surface area contributed by atoms with Crippen LogP contribution in [0.4, 0.5) is 0 Å².